The largest absolute Gasteiger partial charge is 0.496 e. The lowest BCUT2D eigenvalue weighted by atomic mass is 10.0. The molecule has 0 bridgehead atoms. The van der Waals surface area contributed by atoms with Gasteiger partial charge in [-0.05, 0) is 48.2 Å². The fraction of sp³-hybridized carbons (Fsp3) is 0.286. The van der Waals surface area contributed by atoms with E-state index >= 15 is 0 Å². The molecule has 0 radical (unpaired) electrons. The van der Waals surface area contributed by atoms with Crippen LogP contribution in [0.2, 0.25) is 0 Å². The van der Waals surface area contributed by atoms with Crippen LogP contribution in [-0.2, 0) is 0 Å². The van der Waals surface area contributed by atoms with Crippen molar-refractivity contribution in [2.75, 3.05) is 18.6 Å². The fourth-order valence-corrected chi connectivity index (χ4v) is 3.67. The lowest BCUT2D eigenvalue weighted by Crippen LogP contribution is -2.24. The number of aromatic nitrogens is 3. The monoisotopic (exact) mass is 346 g/mol. The summed E-state index contributed by atoms with van der Waals surface area (Å²) < 4.78 is 5.43. The van der Waals surface area contributed by atoms with Gasteiger partial charge in [-0.1, -0.05) is 25.1 Å². The van der Waals surface area contributed by atoms with Gasteiger partial charge in [0.2, 0.25) is 0 Å². The van der Waals surface area contributed by atoms with Crippen LogP contribution in [-0.4, -0.2) is 28.8 Å². The van der Waals surface area contributed by atoms with E-state index in [0.29, 0.717) is 12.0 Å². The standard InChI is InChI=1S/C21H22N4O/c1-15-12-19(16-6-5-11-22-13-16)25(14-15)21-10-9-18(23-24-21)17-7-3-4-8-20(17)26-2/h3-11,13,15,19H,12,14H2,1-2H3. The van der Waals surface area contributed by atoms with Gasteiger partial charge in [-0.3, -0.25) is 4.98 Å². The van der Waals surface area contributed by atoms with Crippen molar-refractivity contribution in [3.05, 3.63) is 66.5 Å². The molecule has 1 aliphatic heterocycles. The Balaban J connectivity index is 1.64. The smallest absolute Gasteiger partial charge is 0.151 e. The first-order valence-corrected chi connectivity index (χ1v) is 8.90. The molecular formula is C21H22N4O. The molecule has 1 aliphatic rings. The van der Waals surface area contributed by atoms with Gasteiger partial charge >= 0.3 is 0 Å². The second-order valence-corrected chi connectivity index (χ2v) is 6.77. The molecule has 4 rings (SSSR count). The number of ether oxygens (including phenoxy) is 1. The zero-order valence-electron chi connectivity index (χ0n) is 15.0. The van der Waals surface area contributed by atoms with E-state index in [1.807, 2.05) is 48.8 Å². The molecule has 1 aromatic carbocycles. The minimum absolute atomic E-state index is 0.296. The van der Waals surface area contributed by atoms with Gasteiger partial charge in [0.25, 0.3) is 0 Å². The Hall–Kier alpha value is -2.95. The molecule has 26 heavy (non-hydrogen) atoms. The first-order valence-electron chi connectivity index (χ1n) is 8.90. The Morgan fingerprint density at radius 3 is 2.65 bits per heavy atom. The van der Waals surface area contributed by atoms with E-state index in [0.717, 1.165) is 35.8 Å². The van der Waals surface area contributed by atoms with Gasteiger partial charge in [-0.15, -0.1) is 10.2 Å². The molecule has 3 aromatic rings. The van der Waals surface area contributed by atoms with Crippen LogP contribution in [0.4, 0.5) is 5.82 Å². The minimum atomic E-state index is 0.296. The molecule has 3 heterocycles. The van der Waals surface area contributed by atoms with E-state index in [1.54, 1.807) is 7.11 Å². The molecule has 0 spiro atoms. The summed E-state index contributed by atoms with van der Waals surface area (Å²) in [6.07, 6.45) is 4.86. The van der Waals surface area contributed by atoms with E-state index in [9.17, 15) is 0 Å². The number of hydrogen-bond acceptors (Lipinski definition) is 5. The number of pyridine rings is 1. The predicted molar refractivity (Wildman–Crippen MR) is 102 cm³/mol. The average Bonchev–Trinajstić information content (AvgIpc) is 3.10. The second kappa shape index (κ2) is 7.12. The summed E-state index contributed by atoms with van der Waals surface area (Å²) >= 11 is 0. The quantitative estimate of drug-likeness (QED) is 0.711. The lowest BCUT2D eigenvalue weighted by Gasteiger charge is -2.25. The van der Waals surface area contributed by atoms with E-state index in [-0.39, 0.29) is 0 Å². The molecular weight excluding hydrogens is 324 g/mol. The zero-order valence-corrected chi connectivity index (χ0v) is 15.0. The number of para-hydroxylation sites is 1. The van der Waals surface area contributed by atoms with Gasteiger partial charge in [0.15, 0.2) is 5.82 Å². The summed E-state index contributed by atoms with van der Waals surface area (Å²) in [6, 6.07) is 16.4. The maximum Gasteiger partial charge on any atom is 0.151 e. The van der Waals surface area contributed by atoms with Crippen molar-refractivity contribution in [3.63, 3.8) is 0 Å². The number of benzene rings is 1. The molecule has 5 heteroatoms. The molecule has 1 fully saturated rings. The average molecular weight is 346 g/mol. The third-order valence-corrected chi connectivity index (χ3v) is 4.91. The molecule has 2 aromatic heterocycles. The van der Waals surface area contributed by atoms with Crippen LogP contribution in [0.1, 0.15) is 24.9 Å². The molecule has 5 nitrogen and oxygen atoms in total. The van der Waals surface area contributed by atoms with Crippen molar-refractivity contribution in [2.24, 2.45) is 5.92 Å². The molecule has 0 saturated carbocycles. The minimum Gasteiger partial charge on any atom is -0.496 e. The fourth-order valence-electron chi connectivity index (χ4n) is 3.67. The van der Waals surface area contributed by atoms with Gasteiger partial charge in [-0.25, -0.2) is 0 Å². The molecule has 2 unspecified atom stereocenters. The SMILES string of the molecule is COc1ccccc1-c1ccc(N2CC(C)CC2c2cccnc2)nn1. The third kappa shape index (κ3) is 3.12. The van der Waals surface area contributed by atoms with Crippen molar-refractivity contribution in [3.8, 4) is 17.0 Å². The van der Waals surface area contributed by atoms with Gasteiger partial charge in [0.05, 0.1) is 18.8 Å². The van der Waals surface area contributed by atoms with Gasteiger partial charge < -0.3 is 9.64 Å². The molecule has 0 N–H and O–H groups in total. The van der Waals surface area contributed by atoms with Gasteiger partial charge in [-0.2, -0.15) is 0 Å². The van der Waals surface area contributed by atoms with Crippen LogP contribution in [0.25, 0.3) is 11.3 Å². The Morgan fingerprint density at radius 2 is 1.92 bits per heavy atom. The maximum atomic E-state index is 5.43. The topological polar surface area (TPSA) is 51.1 Å². The van der Waals surface area contributed by atoms with Crippen LogP contribution < -0.4 is 9.64 Å². The summed E-state index contributed by atoms with van der Waals surface area (Å²) in [7, 11) is 1.67. The highest BCUT2D eigenvalue weighted by molar-refractivity contribution is 5.67. The number of rotatable bonds is 4. The Bertz CT molecular complexity index is 867. The number of methoxy groups -OCH3 is 1. The van der Waals surface area contributed by atoms with Crippen LogP contribution in [0.3, 0.4) is 0 Å². The first kappa shape index (κ1) is 16.5. The molecule has 1 saturated heterocycles. The lowest BCUT2D eigenvalue weighted by molar-refractivity contribution is 0.416. The predicted octanol–water partition coefficient (Wildman–Crippen LogP) is 4.13. The Morgan fingerprint density at radius 1 is 1.04 bits per heavy atom. The van der Waals surface area contributed by atoms with E-state index < -0.39 is 0 Å². The number of anilines is 1. The summed E-state index contributed by atoms with van der Waals surface area (Å²) in [5.41, 5.74) is 3.00. The highest BCUT2D eigenvalue weighted by Gasteiger charge is 2.32. The number of hydrogen-bond donors (Lipinski definition) is 0. The van der Waals surface area contributed by atoms with Crippen LogP contribution in [0, 0.1) is 5.92 Å². The van der Waals surface area contributed by atoms with E-state index in [4.69, 9.17) is 4.74 Å². The maximum absolute atomic E-state index is 5.43. The number of nitrogens with zero attached hydrogens (tertiary/aromatic N) is 4. The summed E-state index contributed by atoms with van der Waals surface area (Å²) in [6.45, 7) is 3.25. The molecule has 0 amide bonds. The van der Waals surface area contributed by atoms with Crippen LogP contribution in [0.15, 0.2) is 60.9 Å². The summed E-state index contributed by atoms with van der Waals surface area (Å²) in [4.78, 5) is 6.61. The third-order valence-electron chi connectivity index (χ3n) is 4.91. The van der Waals surface area contributed by atoms with E-state index in [1.165, 1.54) is 5.56 Å². The second-order valence-electron chi connectivity index (χ2n) is 6.77. The van der Waals surface area contributed by atoms with Crippen molar-refractivity contribution in [1.82, 2.24) is 15.2 Å². The van der Waals surface area contributed by atoms with Crippen LogP contribution in [0.5, 0.6) is 5.75 Å². The van der Waals surface area contributed by atoms with Crippen molar-refractivity contribution >= 4 is 5.82 Å². The molecule has 2 atom stereocenters. The normalized spacial score (nSPS) is 19.5. The summed E-state index contributed by atoms with van der Waals surface area (Å²) in [5, 5.41) is 8.99. The van der Waals surface area contributed by atoms with Crippen molar-refractivity contribution < 1.29 is 4.74 Å². The van der Waals surface area contributed by atoms with Crippen molar-refractivity contribution in [2.45, 2.75) is 19.4 Å². The first-order chi connectivity index (χ1) is 12.8. The summed E-state index contributed by atoms with van der Waals surface area (Å²) in [5.74, 6) is 2.32. The van der Waals surface area contributed by atoms with E-state index in [2.05, 4.69) is 39.1 Å². The highest BCUT2D eigenvalue weighted by Crippen LogP contribution is 2.38. The van der Waals surface area contributed by atoms with Crippen LogP contribution >= 0.6 is 0 Å². The Labute approximate surface area is 153 Å². The highest BCUT2D eigenvalue weighted by atomic mass is 16.5. The Kier molecular flexibility index (Phi) is 4.52. The van der Waals surface area contributed by atoms with Gasteiger partial charge in [0, 0.05) is 24.5 Å². The van der Waals surface area contributed by atoms with Crippen molar-refractivity contribution in [1.29, 1.82) is 0 Å². The molecule has 0 aliphatic carbocycles. The zero-order chi connectivity index (χ0) is 17.9. The molecule has 132 valence electrons. The van der Waals surface area contributed by atoms with Gasteiger partial charge in [0.1, 0.15) is 5.75 Å².